The molecular weight excluding hydrogens is 172 g/mol. The van der Waals surface area contributed by atoms with Gasteiger partial charge in [0.15, 0.2) is 0 Å². The summed E-state index contributed by atoms with van der Waals surface area (Å²) in [5, 5.41) is 10.2. The molecule has 1 rings (SSSR count). The number of halogens is 1. The Labute approximate surface area is 78.0 Å². The van der Waals surface area contributed by atoms with Gasteiger partial charge in [-0.1, -0.05) is 37.1 Å². The number of hydrogen-bond donors (Lipinski definition) is 1. The lowest BCUT2D eigenvalue weighted by Crippen LogP contribution is -1.95. The van der Waals surface area contributed by atoms with Crippen molar-refractivity contribution in [2.45, 2.75) is 18.9 Å². The fraction of sp³-hybridized carbons (Fsp3) is 0.300. The molecule has 0 fully saturated rings. The van der Waals surface area contributed by atoms with Crippen molar-refractivity contribution in [3.8, 4) is 0 Å². The molecule has 1 aromatic rings. The van der Waals surface area contributed by atoms with Crippen molar-refractivity contribution >= 4 is 11.6 Å². The Kier molecular flexibility index (Phi) is 3.57. The predicted molar refractivity (Wildman–Crippen MR) is 51.0 cm³/mol. The molecular formula is C10H12ClO. The van der Waals surface area contributed by atoms with Gasteiger partial charge in [0.2, 0.25) is 0 Å². The number of benzene rings is 1. The maximum absolute atomic E-state index is 9.53. The van der Waals surface area contributed by atoms with E-state index in [1.807, 2.05) is 12.1 Å². The second-order valence-corrected chi connectivity index (χ2v) is 3.15. The van der Waals surface area contributed by atoms with Gasteiger partial charge in [-0.2, -0.15) is 0 Å². The van der Waals surface area contributed by atoms with Crippen molar-refractivity contribution < 1.29 is 5.11 Å². The molecule has 1 unspecified atom stereocenters. The third kappa shape index (κ3) is 2.50. The van der Waals surface area contributed by atoms with Crippen molar-refractivity contribution in [3.63, 3.8) is 0 Å². The van der Waals surface area contributed by atoms with Gasteiger partial charge < -0.3 is 5.11 Å². The molecule has 12 heavy (non-hydrogen) atoms. The highest BCUT2D eigenvalue weighted by atomic mass is 35.5. The minimum Gasteiger partial charge on any atom is -0.388 e. The topological polar surface area (TPSA) is 20.2 Å². The molecule has 0 heterocycles. The first kappa shape index (κ1) is 9.56. The van der Waals surface area contributed by atoms with E-state index in [2.05, 4.69) is 6.92 Å². The van der Waals surface area contributed by atoms with E-state index in [-0.39, 0.29) is 0 Å². The Morgan fingerprint density at radius 1 is 1.33 bits per heavy atom. The van der Waals surface area contributed by atoms with E-state index in [1.54, 1.807) is 12.1 Å². The van der Waals surface area contributed by atoms with Crippen LogP contribution in [0.15, 0.2) is 24.3 Å². The summed E-state index contributed by atoms with van der Waals surface area (Å²) in [5.74, 6) is 0. The summed E-state index contributed by atoms with van der Waals surface area (Å²) >= 11 is 5.70. The first-order valence-corrected chi connectivity index (χ1v) is 4.34. The van der Waals surface area contributed by atoms with Crippen LogP contribution in [0.4, 0.5) is 0 Å². The smallest absolute Gasteiger partial charge is 0.0790 e. The summed E-state index contributed by atoms with van der Waals surface area (Å²) in [6.45, 7) is 3.68. The first-order chi connectivity index (χ1) is 5.74. The SMILES string of the molecule is [CH2]CCC(O)c1ccc(Cl)cc1. The van der Waals surface area contributed by atoms with Crippen molar-refractivity contribution in [3.05, 3.63) is 41.8 Å². The van der Waals surface area contributed by atoms with E-state index in [4.69, 9.17) is 11.6 Å². The van der Waals surface area contributed by atoms with Crippen LogP contribution in [0.25, 0.3) is 0 Å². The molecule has 0 saturated heterocycles. The van der Waals surface area contributed by atoms with Crippen LogP contribution in [-0.4, -0.2) is 5.11 Å². The number of rotatable bonds is 3. The Morgan fingerprint density at radius 2 is 1.92 bits per heavy atom. The van der Waals surface area contributed by atoms with Gasteiger partial charge in [0.1, 0.15) is 0 Å². The van der Waals surface area contributed by atoms with Crippen LogP contribution < -0.4 is 0 Å². The minimum absolute atomic E-state index is 0.403. The molecule has 1 radical (unpaired) electrons. The first-order valence-electron chi connectivity index (χ1n) is 3.97. The Balaban J connectivity index is 2.68. The van der Waals surface area contributed by atoms with Gasteiger partial charge in [0.05, 0.1) is 6.10 Å². The zero-order valence-electron chi connectivity index (χ0n) is 6.83. The van der Waals surface area contributed by atoms with E-state index in [0.717, 1.165) is 12.0 Å². The number of aliphatic hydroxyl groups excluding tert-OH is 1. The Morgan fingerprint density at radius 3 is 2.42 bits per heavy atom. The third-order valence-electron chi connectivity index (χ3n) is 1.73. The highest BCUT2D eigenvalue weighted by molar-refractivity contribution is 6.30. The molecule has 0 amide bonds. The summed E-state index contributed by atoms with van der Waals surface area (Å²) in [5.41, 5.74) is 0.906. The molecule has 1 atom stereocenters. The van der Waals surface area contributed by atoms with Gasteiger partial charge in [-0.05, 0) is 24.1 Å². The number of aliphatic hydroxyl groups is 1. The molecule has 0 aliphatic rings. The van der Waals surface area contributed by atoms with Gasteiger partial charge >= 0.3 is 0 Å². The van der Waals surface area contributed by atoms with Gasteiger partial charge in [-0.25, -0.2) is 0 Å². The van der Waals surface area contributed by atoms with Crippen LogP contribution in [0.5, 0.6) is 0 Å². The van der Waals surface area contributed by atoms with Crippen LogP contribution in [0, 0.1) is 6.92 Å². The van der Waals surface area contributed by atoms with Crippen LogP contribution in [0.3, 0.4) is 0 Å². The quantitative estimate of drug-likeness (QED) is 0.764. The Bertz CT molecular complexity index is 230. The maximum atomic E-state index is 9.53. The molecule has 0 aliphatic carbocycles. The molecule has 1 aromatic carbocycles. The van der Waals surface area contributed by atoms with E-state index in [9.17, 15) is 5.11 Å². The lowest BCUT2D eigenvalue weighted by molar-refractivity contribution is 0.168. The average molecular weight is 184 g/mol. The second-order valence-electron chi connectivity index (χ2n) is 2.71. The zero-order valence-corrected chi connectivity index (χ0v) is 7.59. The van der Waals surface area contributed by atoms with E-state index in [1.165, 1.54) is 0 Å². The molecule has 2 heteroatoms. The van der Waals surface area contributed by atoms with Crippen molar-refractivity contribution in [2.75, 3.05) is 0 Å². The molecule has 1 N–H and O–H groups in total. The third-order valence-corrected chi connectivity index (χ3v) is 1.98. The van der Waals surface area contributed by atoms with Crippen LogP contribution in [0.1, 0.15) is 24.5 Å². The second kappa shape index (κ2) is 4.48. The highest BCUT2D eigenvalue weighted by Crippen LogP contribution is 2.19. The normalized spacial score (nSPS) is 12.9. The molecule has 0 aromatic heterocycles. The van der Waals surface area contributed by atoms with Crippen molar-refractivity contribution in [1.29, 1.82) is 0 Å². The zero-order chi connectivity index (χ0) is 8.97. The van der Waals surface area contributed by atoms with E-state index in [0.29, 0.717) is 11.4 Å². The maximum Gasteiger partial charge on any atom is 0.0790 e. The standard InChI is InChI=1S/C10H12ClO/c1-2-3-10(12)8-4-6-9(11)7-5-8/h4-7,10,12H,1-3H2. The molecule has 1 nitrogen and oxygen atoms in total. The Hall–Kier alpha value is -0.530. The van der Waals surface area contributed by atoms with Crippen LogP contribution in [-0.2, 0) is 0 Å². The monoisotopic (exact) mass is 183 g/mol. The number of hydrogen-bond acceptors (Lipinski definition) is 1. The summed E-state index contributed by atoms with van der Waals surface area (Å²) < 4.78 is 0. The average Bonchev–Trinajstić information content (AvgIpc) is 2.06. The van der Waals surface area contributed by atoms with Crippen molar-refractivity contribution in [2.24, 2.45) is 0 Å². The lowest BCUT2D eigenvalue weighted by atomic mass is 10.1. The van der Waals surface area contributed by atoms with Crippen molar-refractivity contribution in [1.82, 2.24) is 0 Å². The molecule has 0 spiro atoms. The predicted octanol–water partition coefficient (Wildman–Crippen LogP) is 2.99. The highest BCUT2D eigenvalue weighted by Gasteiger charge is 2.04. The van der Waals surface area contributed by atoms with E-state index >= 15 is 0 Å². The van der Waals surface area contributed by atoms with Gasteiger partial charge in [-0.15, -0.1) is 0 Å². The molecule has 65 valence electrons. The molecule has 0 bridgehead atoms. The van der Waals surface area contributed by atoms with Gasteiger partial charge in [0, 0.05) is 5.02 Å². The van der Waals surface area contributed by atoms with Gasteiger partial charge in [0.25, 0.3) is 0 Å². The fourth-order valence-electron chi connectivity index (χ4n) is 1.04. The van der Waals surface area contributed by atoms with Crippen LogP contribution in [0.2, 0.25) is 5.02 Å². The summed E-state index contributed by atoms with van der Waals surface area (Å²) in [4.78, 5) is 0. The largest absolute Gasteiger partial charge is 0.388 e. The fourth-order valence-corrected chi connectivity index (χ4v) is 1.17. The molecule has 0 saturated carbocycles. The molecule has 0 aliphatic heterocycles. The summed E-state index contributed by atoms with van der Waals surface area (Å²) in [6, 6.07) is 7.23. The van der Waals surface area contributed by atoms with Gasteiger partial charge in [-0.3, -0.25) is 0 Å². The summed E-state index contributed by atoms with van der Waals surface area (Å²) in [7, 11) is 0. The van der Waals surface area contributed by atoms with Crippen LogP contribution >= 0.6 is 11.6 Å². The summed E-state index contributed by atoms with van der Waals surface area (Å²) in [6.07, 6.45) is 1.03. The lowest BCUT2D eigenvalue weighted by Gasteiger charge is -2.08. The van der Waals surface area contributed by atoms with E-state index < -0.39 is 6.10 Å². The minimum atomic E-state index is -0.403.